The zero-order chi connectivity index (χ0) is 22.1. The van der Waals surface area contributed by atoms with Gasteiger partial charge in [0.05, 0.1) is 5.75 Å². The van der Waals surface area contributed by atoms with Gasteiger partial charge in [-0.05, 0) is 43.0 Å². The summed E-state index contributed by atoms with van der Waals surface area (Å²) in [7, 11) is 0. The Morgan fingerprint density at radius 2 is 1.71 bits per heavy atom. The van der Waals surface area contributed by atoms with Crippen LogP contribution in [0.5, 0.6) is 0 Å². The van der Waals surface area contributed by atoms with E-state index in [0.29, 0.717) is 17.3 Å². The van der Waals surface area contributed by atoms with Crippen LogP contribution in [0.1, 0.15) is 50.2 Å². The van der Waals surface area contributed by atoms with Crippen LogP contribution < -0.4 is 5.32 Å². The fraction of sp³-hybridized carbons (Fsp3) is 0.440. The summed E-state index contributed by atoms with van der Waals surface area (Å²) in [6.45, 7) is 2.22. The summed E-state index contributed by atoms with van der Waals surface area (Å²) in [6.07, 6.45) is 5.60. The van der Waals surface area contributed by atoms with Crippen molar-refractivity contribution in [3.63, 3.8) is 0 Å². The van der Waals surface area contributed by atoms with E-state index in [4.69, 9.17) is 11.6 Å². The predicted molar refractivity (Wildman–Crippen MR) is 129 cm³/mol. The number of carbonyl (C=O) groups excluding carboxylic acids is 2. The van der Waals surface area contributed by atoms with Crippen LogP contribution in [-0.4, -0.2) is 34.6 Å². The van der Waals surface area contributed by atoms with Crippen LogP contribution >= 0.6 is 23.4 Å². The molecule has 0 aromatic heterocycles. The quantitative estimate of drug-likeness (QED) is 0.544. The summed E-state index contributed by atoms with van der Waals surface area (Å²) < 4.78 is 0. The SMILES string of the molecule is C[C@@H](C(=O)NC1CCCCC1)N(Cc1ccc(Cl)cc1)C(=O)CSCc1ccccc1. The van der Waals surface area contributed by atoms with E-state index < -0.39 is 6.04 Å². The number of thioether (sulfide) groups is 1. The molecule has 1 atom stereocenters. The molecule has 1 saturated carbocycles. The van der Waals surface area contributed by atoms with E-state index in [1.807, 2.05) is 49.4 Å². The molecule has 0 radical (unpaired) electrons. The molecule has 0 heterocycles. The Balaban J connectivity index is 1.64. The zero-order valence-electron chi connectivity index (χ0n) is 18.1. The van der Waals surface area contributed by atoms with Gasteiger partial charge in [-0.25, -0.2) is 0 Å². The summed E-state index contributed by atoms with van der Waals surface area (Å²) in [5, 5.41) is 3.83. The maximum atomic E-state index is 13.1. The summed E-state index contributed by atoms with van der Waals surface area (Å²) in [4.78, 5) is 27.8. The molecule has 1 N–H and O–H groups in total. The normalized spacial score (nSPS) is 15.3. The number of carbonyl (C=O) groups is 2. The highest BCUT2D eigenvalue weighted by Gasteiger charge is 2.28. The molecule has 1 aliphatic rings. The van der Waals surface area contributed by atoms with Crippen molar-refractivity contribution < 1.29 is 9.59 Å². The number of hydrogen-bond acceptors (Lipinski definition) is 3. The van der Waals surface area contributed by atoms with Crippen LogP contribution in [0.3, 0.4) is 0 Å². The van der Waals surface area contributed by atoms with Gasteiger partial charge < -0.3 is 10.2 Å². The van der Waals surface area contributed by atoms with Crippen molar-refractivity contribution in [2.24, 2.45) is 0 Å². The van der Waals surface area contributed by atoms with Crippen LogP contribution in [-0.2, 0) is 21.9 Å². The minimum atomic E-state index is -0.526. The number of amides is 2. The number of nitrogens with zero attached hydrogens (tertiary/aromatic N) is 1. The molecule has 1 aliphatic carbocycles. The largest absolute Gasteiger partial charge is 0.352 e. The first-order chi connectivity index (χ1) is 15.0. The minimum absolute atomic E-state index is 0.0258. The number of rotatable bonds is 9. The van der Waals surface area contributed by atoms with Crippen LogP contribution in [0.4, 0.5) is 0 Å². The second kappa shape index (κ2) is 12.2. The summed E-state index contributed by atoms with van der Waals surface area (Å²) in [5.41, 5.74) is 2.15. The van der Waals surface area contributed by atoms with E-state index in [1.54, 1.807) is 16.7 Å². The molecule has 2 aromatic rings. The first kappa shape index (κ1) is 23.7. The molecule has 166 valence electrons. The van der Waals surface area contributed by atoms with Gasteiger partial charge in [0.1, 0.15) is 6.04 Å². The Morgan fingerprint density at radius 1 is 1.03 bits per heavy atom. The summed E-state index contributed by atoms with van der Waals surface area (Å²) in [5.74, 6) is 1.01. The smallest absolute Gasteiger partial charge is 0.242 e. The lowest BCUT2D eigenvalue weighted by atomic mass is 9.95. The van der Waals surface area contributed by atoms with E-state index in [2.05, 4.69) is 17.4 Å². The third-order valence-electron chi connectivity index (χ3n) is 5.72. The van der Waals surface area contributed by atoms with Crippen molar-refractivity contribution >= 4 is 35.2 Å². The predicted octanol–water partition coefficient (Wildman–Crippen LogP) is 5.44. The molecule has 3 rings (SSSR count). The Morgan fingerprint density at radius 3 is 2.39 bits per heavy atom. The number of hydrogen-bond donors (Lipinski definition) is 1. The van der Waals surface area contributed by atoms with E-state index in [-0.39, 0.29) is 17.9 Å². The molecular formula is C25H31ClN2O2S. The van der Waals surface area contributed by atoms with Gasteiger partial charge in [0, 0.05) is 23.4 Å². The maximum Gasteiger partial charge on any atom is 0.242 e. The summed E-state index contributed by atoms with van der Waals surface area (Å²) >= 11 is 7.59. The van der Waals surface area contributed by atoms with Crippen LogP contribution in [0.25, 0.3) is 0 Å². The van der Waals surface area contributed by atoms with E-state index in [1.165, 1.54) is 12.0 Å². The van der Waals surface area contributed by atoms with Crippen molar-refractivity contribution in [3.8, 4) is 0 Å². The Kier molecular flexibility index (Phi) is 9.29. The fourth-order valence-corrected chi connectivity index (χ4v) is 4.85. The van der Waals surface area contributed by atoms with Gasteiger partial charge in [-0.1, -0.05) is 73.3 Å². The van der Waals surface area contributed by atoms with Gasteiger partial charge >= 0.3 is 0 Å². The van der Waals surface area contributed by atoms with E-state index in [9.17, 15) is 9.59 Å². The zero-order valence-corrected chi connectivity index (χ0v) is 19.6. The van der Waals surface area contributed by atoms with E-state index >= 15 is 0 Å². The van der Waals surface area contributed by atoms with Crippen molar-refractivity contribution in [3.05, 3.63) is 70.7 Å². The van der Waals surface area contributed by atoms with Crippen molar-refractivity contribution in [1.29, 1.82) is 0 Å². The molecule has 6 heteroatoms. The average molecular weight is 459 g/mol. The Bertz CT molecular complexity index is 838. The molecule has 0 saturated heterocycles. The molecule has 0 spiro atoms. The topological polar surface area (TPSA) is 49.4 Å². The highest BCUT2D eigenvalue weighted by atomic mass is 35.5. The first-order valence-corrected chi connectivity index (χ1v) is 12.5. The molecule has 0 bridgehead atoms. The lowest BCUT2D eigenvalue weighted by Crippen LogP contribution is -2.50. The van der Waals surface area contributed by atoms with Crippen LogP contribution in [0.2, 0.25) is 5.02 Å². The van der Waals surface area contributed by atoms with Gasteiger partial charge in [-0.2, -0.15) is 0 Å². The molecule has 31 heavy (non-hydrogen) atoms. The van der Waals surface area contributed by atoms with Crippen molar-refractivity contribution in [1.82, 2.24) is 10.2 Å². The second-order valence-corrected chi connectivity index (χ2v) is 9.57. The van der Waals surface area contributed by atoms with Crippen molar-refractivity contribution in [2.75, 3.05) is 5.75 Å². The number of benzene rings is 2. The van der Waals surface area contributed by atoms with Crippen LogP contribution in [0.15, 0.2) is 54.6 Å². The van der Waals surface area contributed by atoms with Gasteiger partial charge in [0.15, 0.2) is 0 Å². The molecule has 4 nitrogen and oxygen atoms in total. The third-order valence-corrected chi connectivity index (χ3v) is 6.96. The third kappa shape index (κ3) is 7.58. The fourth-order valence-electron chi connectivity index (χ4n) is 3.85. The molecule has 2 amide bonds. The molecular weight excluding hydrogens is 428 g/mol. The Hall–Kier alpha value is -1.98. The molecule has 0 unspecified atom stereocenters. The van der Waals surface area contributed by atoms with Gasteiger partial charge in [-0.15, -0.1) is 11.8 Å². The summed E-state index contributed by atoms with van der Waals surface area (Å²) in [6, 6.07) is 17.3. The van der Waals surface area contributed by atoms with E-state index in [0.717, 1.165) is 37.0 Å². The first-order valence-electron chi connectivity index (χ1n) is 11.0. The molecule has 0 aliphatic heterocycles. The van der Waals surface area contributed by atoms with Gasteiger partial charge in [-0.3, -0.25) is 9.59 Å². The number of halogens is 1. The minimum Gasteiger partial charge on any atom is -0.352 e. The highest BCUT2D eigenvalue weighted by Crippen LogP contribution is 2.20. The van der Waals surface area contributed by atoms with Crippen LogP contribution in [0, 0.1) is 0 Å². The molecule has 1 fully saturated rings. The average Bonchev–Trinajstić information content (AvgIpc) is 2.79. The van der Waals surface area contributed by atoms with Crippen molar-refractivity contribution in [2.45, 2.75) is 63.4 Å². The second-order valence-electron chi connectivity index (χ2n) is 8.15. The van der Waals surface area contributed by atoms with Gasteiger partial charge in [0.25, 0.3) is 0 Å². The molecule has 2 aromatic carbocycles. The maximum absolute atomic E-state index is 13.1. The Labute approximate surface area is 194 Å². The lowest BCUT2D eigenvalue weighted by molar-refractivity contribution is -0.139. The number of nitrogens with one attached hydrogen (secondary N) is 1. The highest BCUT2D eigenvalue weighted by molar-refractivity contribution is 7.99. The standard InChI is InChI=1S/C25H31ClN2O2S/c1-19(25(30)27-23-10-6-3-7-11-23)28(16-20-12-14-22(26)15-13-20)24(29)18-31-17-21-8-4-2-5-9-21/h2,4-5,8-9,12-15,19,23H,3,6-7,10-11,16-18H2,1H3,(H,27,30)/t19-/m0/s1. The monoisotopic (exact) mass is 458 g/mol. The lowest BCUT2D eigenvalue weighted by Gasteiger charge is -2.31. The van der Waals surface area contributed by atoms with Gasteiger partial charge in [0.2, 0.25) is 11.8 Å².